The van der Waals surface area contributed by atoms with Gasteiger partial charge in [0.05, 0.1) is 13.7 Å². The SMILES string of the molecule is CON(CCNC(=O)OCC1c2ccccc2-c2ccccc21)C(=O)OCc1ccc(NC(=O)[C@H](C)NC(=O)[C@H](C)NC(=O)OC(C)(C)C)cc1. The van der Waals surface area contributed by atoms with Crippen LogP contribution in [-0.4, -0.2) is 79.6 Å². The highest BCUT2D eigenvalue weighted by Crippen LogP contribution is 2.44. The maximum absolute atomic E-state index is 12.6. The molecule has 3 aromatic rings. The predicted octanol–water partition coefficient (Wildman–Crippen LogP) is 5.08. The van der Waals surface area contributed by atoms with Crippen LogP contribution in [0.15, 0.2) is 72.8 Å². The van der Waals surface area contributed by atoms with Crippen LogP contribution >= 0.6 is 0 Å². The van der Waals surface area contributed by atoms with Crippen molar-refractivity contribution in [1.82, 2.24) is 21.0 Å². The van der Waals surface area contributed by atoms with E-state index in [0.717, 1.165) is 27.3 Å². The molecular formula is C37H45N5O9. The summed E-state index contributed by atoms with van der Waals surface area (Å²) in [5.74, 6) is -1.10. The van der Waals surface area contributed by atoms with Gasteiger partial charge in [-0.1, -0.05) is 60.7 Å². The van der Waals surface area contributed by atoms with E-state index in [2.05, 4.69) is 33.4 Å². The molecule has 2 atom stereocenters. The minimum Gasteiger partial charge on any atom is -0.449 e. The summed E-state index contributed by atoms with van der Waals surface area (Å²) in [6, 6.07) is 20.9. The molecule has 0 aromatic heterocycles. The van der Waals surface area contributed by atoms with E-state index in [-0.39, 0.29) is 32.2 Å². The quantitative estimate of drug-likeness (QED) is 0.140. The van der Waals surface area contributed by atoms with Gasteiger partial charge in [0, 0.05) is 18.2 Å². The lowest BCUT2D eigenvalue weighted by atomic mass is 9.98. The minimum absolute atomic E-state index is 0.00899. The number of fused-ring (bicyclic) bond motifs is 3. The first-order chi connectivity index (χ1) is 24.3. The van der Waals surface area contributed by atoms with Crippen molar-refractivity contribution in [2.24, 2.45) is 0 Å². The molecule has 4 rings (SSSR count). The molecule has 0 bridgehead atoms. The summed E-state index contributed by atoms with van der Waals surface area (Å²) in [4.78, 5) is 67.2. The van der Waals surface area contributed by atoms with Crippen LogP contribution in [0.1, 0.15) is 57.2 Å². The van der Waals surface area contributed by atoms with Gasteiger partial charge in [0.2, 0.25) is 11.8 Å². The van der Waals surface area contributed by atoms with E-state index in [1.165, 1.54) is 21.0 Å². The average molecular weight is 704 g/mol. The highest BCUT2D eigenvalue weighted by Gasteiger charge is 2.29. The number of carbonyl (C=O) groups excluding carboxylic acids is 5. The van der Waals surface area contributed by atoms with Crippen LogP contribution in [0.2, 0.25) is 0 Å². The molecule has 0 aliphatic heterocycles. The number of nitrogens with zero attached hydrogens (tertiary/aromatic N) is 1. The van der Waals surface area contributed by atoms with Gasteiger partial charge in [-0.05, 0) is 74.6 Å². The first-order valence-corrected chi connectivity index (χ1v) is 16.5. The number of alkyl carbamates (subject to hydrolysis) is 2. The van der Waals surface area contributed by atoms with E-state index in [0.29, 0.717) is 11.3 Å². The lowest BCUT2D eigenvalue weighted by Gasteiger charge is -2.22. The zero-order chi connectivity index (χ0) is 37.1. The standard InChI is InChI=1S/C37H45N5O9/c1-23(39-32(43)24(2)40-35(46)51-37(3,4)5)33(44)41-26-17-15-25(16-18-26)21-50-36(47)42(48-6)20-19-38-34(45)49-22-31-29-13-9-7-11-27(29)28-12-8-10-14-30(28)31/h7-18,23-24,31H,19-22H2,1-6H3,(H,38,45)(H,39,43)(H,40,46)(H,41,44)/t23-,24-/m0/s1. The van der Waals surface area contributed by atoms with Crippen molar-refractivity contribution in [3.05, 3.63) is 89.5 Å². The van der Waals surface area contributed by atoms with Gasteiger partial charge in [0.25, 0.3) is 0 Å². The van der Waals surface area contributed by atoms with Crippen molar-refractivity contribution in [1.29, 1.82) is 0 Å². The molecule has 0 spiro atoms. The highest BCUT2D eigenvalue weighted by atomic mass is 16.7. The van der Waals surface area contributed by atoms with Crippen LogP contribution in [-0.2, 0) is 35.2 Å². The number of hydrogen-bond acceptors (Lipinski definition) is 9. The van der Waals surface area contributed by atoms with Crippen molar-refractivity contribution in [3.8, 4) is 11.1 Å². The van der Waals surface area contributed by atoms with E-state index >= 15 is 0 Å². The van der Waals surface area contributed by atoms with Gasteiger partial charge in [-0.3, -0.25) is 14.4 Å². The molecule has 0 saturated carbocycles. The average Bonchev–Trinajstić information content (AvgIpc) is 3.41. The van der Waals surface area contributed by atoms with Gasteiger partial charge in [0.1, 0.15) is 30.9 Å². The third-order valence-electron chi connectivity index (χ3n) is 7.81. The van der Waals surface area contributed by atoms with Gasteiger partial charge >= 0.3 is 18.3 Å². The second kappa shape index (κ2) is 17.3. The number of benzene rings is 3. The third kappa shape index (κ3) is 10.9. The summed E-state index contributed by atoms with van der Waals surface area (Å²) >= 11 is 0. The summed E-state index contributed by atoms with van der Waals surface area (Å²) in [5.41, 5.74) is 4.85. The second-order valence-electron chi connectivity index (χ2n) is 12.9. The Balaban J connectivity index is 1.15. The fraction of sp³-hybridized carbons (Fsp3) is 0.378. The van der Waals surface area contributed by atoms with Crippen LogP contribution in [0.3, 0.4) is 0 Å². The van der Waals surface area contributed by atoms with Crippen molar-refractivity contribution in [3.63, 3.8) is 0 Å². The third-order valence-corrected chi connectivity index (χ3v) is 7.81. The summed E-state index contributed by atoms with van der Waals surface area (Å²) in [6.45, 7) is 8.26. The molecule has 1 aliphatic rings. The summed E-state index contributed by atoms with van der Waals surface area (Å²) in [7, 11) is 1.31. The van der Waals surface area contributed by atoms with E-state index < -0.39 is 47.8 Å². The Morgan fingerprint density at radius 2 is 1.35 bits per heavy atom. The van der Waals surface area contributed by atoms with Crippen molar-refractivity contribution < 1.29 is 43.0 Å². The number of hydrogen-bond donors (Lipinski definition) is 4. The summed E-state index contributed by atoms with van der Waals surface area (Å²) < 4.78 is 16.0. The number of amides is 5. The number of nitrogens with one attached hydrogen (secondary N) is 4. The van der Waals surface area contributed by atoms with Gasteiger partial charge in [0.15, 0.2) is 0 Å². The van der Waals surface area contributed by atoms with Crippen LogP contribution in [0.4, 0.5) is 20.1 Å². The zero-order valence-corrected chi connectivity index (χ0v) is 29.6. The predicted molar refractivity (Wildman–Crippen MR) is 188 cm³/mol. The normalized spacial score (nSPS) is 13.1. The number of hydroxylamine groups is 2. The highest BCUT2D eigenvalue weighted by molar-refractivity contribution is 5.98. The first-order valence-electron chi connectivity index (χ1n) is 16.5. The lowest BCUT2D eigenvalue weighted by Crippen LogP contribution is -2.51. The molecular weight excluding hydrogens is 658 g/mol. The molecule has 272 valence electrons. The Kier molecular flexibility index (Phi) is 13.0. The maximum Gasteiger partial charge on any atom is 0.434 e. The smallest absolute Gasteiger partial charge is 0.434 e. The molecule has 14 nitrogen and oxygen atoms in total. The van der Waals surface area contributed by atoms with E-state index in [1.54, 1.807) is 45.0 Å². The van der Waals surface area contributed by atoms with Gasteiger partial charge in [-0.25, -0.2) is 14.4 Å². The monoisotopic (exact) mass is 703 g/mol. The Labute approximate surface area is 297 Å². The fourth-order valence-corrected chi connectivity index (χ4v) is 5.27. The number of rotatable bonds is 13. The van der Waals surface area contributed by atoms with Crippen LogP contribution in [0.5, 0.6) is 0 Å². The Morgan fingerprint density at radius 1 is 0.765 bits per heavy atom. The number of ether oxygens (including phenoxy) is 3. The molecule has 4 N–H and O–H groups in total. The summed E-state index contributed by atoms with van der Waals surface area (Å²) in [6.07, 6.45) is -2.12. The largest absolute Gasteiger partial charge is 0.449 e. The zero-order valence-electron chi connectivity index (χ0n) is 29.6. The van der Waals surface area contributed by atoms with Gasteiger partial charge in [-0.15, -0.1) is 0 Å². The molecule has 51 heavy (non-hydrogen) atoms. The van der Waals surface area contributed by atoms with E-state index in [1.807, 2.05) is 36.4 Å². The second-order valence-corrected chi connectivity index (χ2v) is 12.9. The Bertz CT molecular complexity index is 1660. The Hall–Kier alpha value is -5.63. The summed E-state index contributed by atoms with van der Waals surface area (Å²) in [5, 5.41) is 11.3. The van der Waals surface area contributed by atoms with Gasteiger partial charge in [-0.2, -0.15) is 5.06 Å². The van der Waals surface area contributed by atoms with Crippen molar-refractivity contribution in [2.45, 2.75) is 64.8 Å². The van der Waals surface area contributed by atoms with Crippen LogP contribution < -0.4 is 21.3 Å². The van der Waals surface area contributed by atoms with Crippen LogP contribution in [0.25, 0.3) is 11.1 Å². The number of anilines is 1. The first kappa shape index (κ1) is 38.2. The molecule has 0 unspecified atom stereocenters. The lowest BCUT2D eigenvalue weighted by molar-refractivity contribution is -0.127. The van der Waals surface area contributed by atoms with Crippen molar-refractivity contribution >= 4 is 35.8 Å². The van der Waals surface area contributed by atoms with Gasteiger partial charge < -0.3 is 35.5 Å². The fourth-order valence-electron chi connectivity index (χ4n) is 5.27. The molecule has 0 heterocycles. The van der Waals surface area contributed by atoms with E-state index in [4.69, 9.17) is 19.0 Å². The molecule has 1 aliphatic carbocycles. The maximum atomic E-state index is 12.6. The molecule has 3 aromatic carbocycles. The topological polar surface area (TPSA) is 174 Å². The molecule has 5 amide bonds. The Morgan fingerprint density at radius 3 is 1.94 bits per heavy atom. The number of carbonyl (C=O) groups is 5. The van der Waals surface area contributed by atoms with E-state index in [9.17, 15) is 24.0 Å². The molecule has 0 saturated heterocycles. The molecule has 0 radical (unpaired) electrons. The molecule has 14 heteroatoms. The van der Waals surface area contributed by atoms with Crippen molar-refractivity contribution in [2.75, 3.05) is 32.1 Å². The minimum atomic E-state index is -0.927. The van der Waals surface area contributed by atoms with Crippen LogP contribution in [0, 0.1) is 0 Å². The molecule has 0 fully saturated rings.